The first-order chi connectivity index (χ1) is 6.31. The maximum atomic E-state index is 2.30. The van der Waals surface area contributed by atoms with Gasteiger partial charge in [-0.3, -0.25) is 0 Å². The molecule has 2 aliphatic carbocycles. The molecule has 0 aromatic heterocycles. The highest BCUT2D eigenvalue weighted by molar-refractivity contribution is 5.71. The van der Waals surface area contributed by atoms with Crippen LogP contribution in [-0.4, -0.2) is 0 Å². The van der Waals surface area contributed by atoms with Crippen LogP contribution in [0.3, 0.4) is 0 Å². The highest BCUT2D eigenvalue weighted by Crippen LogP contribution is 2.28. The van der Waals surface area contributed by atoms with Crippen LogP contribution in [0, 0.1) is 6.92 Å². The van der Waals surface area contributed by atoms with Gasteiger partial charge in [-0.05, 0) is 35.6 Å². The van der Waals surface area contributed by atoms with Crippen LogP contribution < -0.4 is 0 Å². The summed E-state index contributed by atoms with van der Waals surface area (Å²) >= 11 is 0. The Hall–Kier alpha value is -1.30. The summed E-state index contributed by atoms with van der Waals surface area (Å²) < 4.78 is 0. The van der Waals surface area contributed by atoms with E-state index in [4.69, 9.17) is 0 Å². The Bertz CT molecular complexity index is 388. The molecule has 66 valence electrons. The normalized spacial score (nSPS) is 10.6. The molecule has 0 aliphatic heterocycles. The molecule has 0 saturated heterocycles. The van der Waals surface area contributed by atoms with E-state index >= 15 is 0 Å². The van der Waals surface area contributed by atoms with Crippen LogP contribution in [0.15, 0.2) is 36.4 Å². The Kier molecular flexibility index (Phi) is 2.05. The maximum Gasteiger partial charge on any atom is -0.0152 e. The zero-order valence-corrected chi connectivity index (χ0v) is 8.17. The topological polar surface area (TPSA) is 0 Å². The number of fused-ring (bicyclic) bond motifs is 1. The van der Waals surface area contributed by atoms with E-state index in [0.717, 1.165) is 6.42 Å². The van der Waals surface area contributed by atoms with Crippen LogP contribution in [0.1, 0.15) is 18.1 Å². The molecule has 0 aromatic carbocycles. The Morgan fingerprint density at radius 2 is 1.85 bits per heavy atom. The van der Waals surface area contributed by atoms with Crippen LogP contribution in [0.25, 0.3) is 11.1 Å². The van der Waals surface area contributed by atoms with Crippen molar-refractivity contribution < 1.29 is 0 Å². The van der Waals surface area contributed by atoms with Crippen molar-refractivity contribution in [2.24, 2.45) is 0 Å². The second-order valence-electron chi connectivity index (χ2n) is 3.49. The van der Waals surface area contributed by atoms with Crippen LogP contribution in [-0.2, 0) is 6.42 Å². The molecule has 0 aromatic rings. The Balaban J connectivity index is 2.68. The van der Waals surface area contributed by atoms with Crippen molar-refractivity contribution in [2.45, 2.75) is 20.3 Å². The number of rotatable bonds is 1. The smallest absolute Gasteiger partial charge is 0.0152 e. The lowest BCUT2D eigenvalue weighted by Crippen LogP contribution is -1.71. The third kappa shape index (κ3) is 1.44. The zero-order valence-electron chi connectivity index (χ0n) is 8.17. The third-order valence-corrected chi connectivity index (χ3v) is 2.55. The van der Waals surface area contributed by atoms with E-state index in [1.54, 1.807) is 0 Å². The molecule has 0 fully saturated rings. The zero-order chi connectivity index (χ0) is 9.26. The molecule has 0 atom stereocenters. The summed E-state index contributed by atoms with van der Waals surface area (Å²) in [6.07, 6.45) is 1.12. The minimum atomic E-state index is 1.12. The summed E-state index contributed by atoms with van der Waals surface area (Å²) in [6, 6.07) is 13.1. The van der Waals surface area contributed by atoms with Gasteiger partial charge in [-0.2, -0.15) is 0 Å². The summed E-state index contributed by atoms with van der Waals surface area (Å²) in [4.78, 5) is 0. The summed E-state index contributed by atoms with van der Waals surface area (Å²) in [5.74, 6) is 0. The SMILES string of the molecule is CCc1cc2ccccc(C)c-2c1. The van der Waals surface area contributed by atoms with Gasteiger partial charge < -0.3 is 0 Å². The molecular weight excluding hydrogens is 156 g/mol. The number of aryl methyl sites for hydroxylation is 2. The van der Waals surface area contributed by atoms with Crippen molar-refractivity contribution in [3.8, 4) is 11.1 Å². The van der Waals surface area contributed by atoms with Crippen LogP contribution in [0.2, 0.25) is 0 Å². The lowest BCUT2D eigenvalue weighted by molar-refractivity contribution is 1.15. The maximum absolute atomic E-state index is 2.30. The fraction of sp³-hybridized carbons (Fsp3) is 0.231. The van der Waals surface area contributed by atoms with E-state index in [1.165, 1.54) is 22.3 Å². The first-order valence-corrected chi connectivity index (χ1v) is 4.79. The van der Waals surface area contributed by atoms with Gasteiger partial charge in [0.15, 0.2) is 0 Å². The molecule has 0 heteroatoms. The van der Waals surface area contributed by atoms with Gasteiger partial charge in [0.2, 0.25) is 0 Å². The molecule has 2 aliphatic rings. The predicted molar refractivity (Wildman–Crippen MR) is 57.2 cm³/mol. The monoisotopic (exact) mass is 170 g/mol. The van der Waals surface area contributed by atoms with E-state index in [-0.39, 0.29) is 0 Å². The quantitative estimate of drug-likeness (QED) is 0.612. The van der Waals surface area contributed by atoms with Gasteiger partial charge in [0.25, 0.3) is 0 Å². The molecule has 0 saturated carbocycles. The van der Waals surface area contributed by atoms with Crippen LogP contribution >= 0.6 is 0 Å². The van der Waals surface area contributed by atoms with Gasteiger partial charge in [0.1, 0.15) is 0 Å². The van der Waals surface area contributed by atoms with Crippen molar-refractivity contribution in [1.82, 2.24) is 0 Å². The number of hydrogen-bond donors (Lipinski definition) is 0. The summed E-state index contributed by atoms with van der Waals surface area (Å²) in [5, 5.41) is 0. The Labute approximate surface area is 79.6 Å². The average molecular weight is 170 g/mol. The van der Waals surface area contributed by atoms with E-state index in [0.29, 0.717) is 0 Å². The molecule has 13 heavy (non-hydrogen) atoms. The van der Waals surface area contributed by atoms with Gasteiger partial charge >= 0.3 is 0 Å². The van der Waals surface area contributed by atoms with Gasteiger partial charge in [0, 0.05) is 0 Å². The second-order valence-corrected chi connectivity index (χ2v) is 3.49. The lowest BCUT2D eigenvalue weighted by Gasteiger charge is -1.94. The van der Waals surface area contributed by atoms with E-state index in [1.807, 2.05) is 0 Å². The first-order valence-electron chi connectivity index (χ1n) is 4.79. The van der Waals surface area contributed by atoms with Crippen LogP contribution in [0.4, 0.5) is 0 Å². The van der Waals surface area contributed by atoms with Gasteiger partial charge in [-0.15, -0.1) is 0 Å². The first kappa shape index (κ1) is 8.31. The molecule has 0 amide bonds. The summed E-state index contributed by atoms with van der Waals surface area (Å²) in [6.45, 7) is 4.37. The molecule has 0 N–H and O–H groups in total. The molecule has 0 radical (unpaired) electrons. The minimum absolute atomic E-state index is 1.12. The predicted octanol–water partition coefficient (Wildman–Crippen LogP) is 3.66. The van der Waals surface area contributed by atoms with Gasteiger partial charge in [-0.25, -0.2) is 0 Å². The Morgan fingerprint density at radius 1 is 1.08 bits per heavy atom. The van der Waals surface area contributed by atoms with Crippen molar-refractivity contribution in [3.63, 3.8) is 0 Å². The van der Waals surface area contributed by atoms with Crippen molar-refractivity contribution in [1.29, 1.82) is 0 Å². The van der Waals surface area contributed by atoms with E-state index in [2.05, 4.69) is 50.2 Å². The van der Waals surface area contributed by atoms with Crippen molar-refractivity contribution in [2.75, 3.05) is 0 Å². The molecule has 2 rings (SSSR count). The van der Waals surface area contributed by atoms with E-state index < -0.39 is 0 Å². The lowest BCUT2D eigenvalue weighted by atomic mass is 10.1. The van der Waals surface area contributed by atoms with Gasteiger partial charge in [0.05, 0.1) is 0 Å². The standard InChI is InChI=1S/C13H14/c1-3-11-8-12-7-5-4-6-10(2)13(12)9-11/h4-9H,3H2,1-2H3. The second kappa shape index (κ2) is 3.21. The molecular formula is C13H14. The van der Waals surface area contributed by atoms with Crippen molar-refractivity contribution >= 4 is 0 Å². The third-order valence-electron chi connectivity index (χ3n) is 2.55. The summed E-state index contributed by atoms with van der Waals surface area (Å²) in [5.41, 5.74) is 5.55. The highest BCUT2D eigenvalue weighted by Gasteiger charge is 2.05. The highest BCUT2D eigenvalue weighted by atomic mass is 14.1. The largest absolute Gasteiger partial charge is 0.0620 e. The fourth-order valence-corrected chi connectivity index (χ4v) is 1.72. The molecule has 0 heterocycles. The molecule has 0 spiro atoms. The molecule has 0 nitrogen and oxygen atoms in total. The van der Waals surface area contributed by atoms with Crippen LogP contribution in [0.5, 0.6) is 0 Å². The minimum Gasteiger partial charge on any atom is -0.0620 e. The molecule has 0 unspecified atom stereocenters. The number of hydrogen-bond acceptors (Lipinski definition) is 0. The Morgan fingerprint density at radius 3 is 2.62 bits per heavy atom. The molecule has 0 bridgehead atoms. The summed E-state index contributed by atoms with van der Waals surface area (Å²) in [7, 11) is 0. The average Bonchev–Trinajstić information content (AvgIpc) is 2.48. The van der Waals surface area contributed by atoms with E-state index in [9.17, 15) is 0 Å². The van der Waals surface area contributed by atoms with Gasteiger partial charge in [-0.1, -0.05) is 43.3 Å². The fourth-order valence-electron chi connectivity index (χ4n) is 1.72. The van der Waals surface area contributed by atoms with Crippen molar-refractivity contribution in [3.05, 3.63) is 47.5 Å².